The van der Waals surface area contributed by atoms with Crippen LogP contribution < -0.4 is 5.32 Å². The zero-order chi connectivity index (χ0) is 13.0. The molecular weight excluding hydrogens is 224 g/mol. The number of nitrogens with one attached hydrogen (secondary N) is 1. The van der Waals surface area contributed by atoms with Crippen molar-refractivity contribution in [2.24, 2.45) is 0 Å². The Morgan fingerprint density at radius 3 is 3.00 bits per heavy atom. The fourth-order valence-electron chi connectivity index (χ4n) is 2.09. The number of imidazole rings is 1. The van der Waals surface area contributed by atoms with E-state index in [4.69, 9.17) is 0 Å². The Labute approximate surface area is 109 Å². The molecule has 2 aromatic rings. The summed E-state index contributed by atoms with van der Waals surface area (Å²) in [5.74, 6) is 0. The van der Waals surface area contributed by atoms with Gasteiger partial charge in [0.1, 0.15) is 0 Å². The van der Waals surface area contributed by atoms with Crippen LogP contribution in [0.4, 0.5) is 0 Å². The van der Waals surface area contributed by atoms with Gasteiger partial charge >= 0.3 is 0 Å². The maximum atomic E-state index is 4.23. The van der Waals surface area contributed by atoms with Crippen LogP contribution in [-0.4, -0.2) is 21.2 Å². The Bertz CT molecular complexity index is 483. The molecule has 2 heterocycles. The number of hydrogen-bond donors (Lipinski definition) is 1. The summed E-state index contributed by atoms with van der Waals surface area (Å²) in [6.07, 6.45) is 9.34. The van der Waals surface area contributed by atoms with E-state index in [1.807, 2.05) is 19.6 Å². The van der Waals surface area contributed by atoms with Crippen LogP contribution in [0.5, 0.6) is 0 Å². The third-order valence-electron chi connectivity index (χ3n) is 3.31. The van der Waals surface area contributed by atoms with Crippen molar-refractivity contribution in [2.75, 3.05) is 7.05 Å². The average Bonchev–Trinajstić information content (AvgIpc) is 3.00. The molecule has 1 atom stereocenters. The fourth-order valence-corrected chi connectivity index (χ4v) is 2.09. The molecule has 2 rings (SSSR count). The van der Waals surface area contributed by atoms with Gasteiger partial charge in [-0.15, -0.1) is 0 Å². The molecule has 4 heteroatoms. The van der Waals surface area contributed by atoms with Crippen molar-refractivity contribution in [3.63, 3.8) is 0 Å². The van der Waals surface area contributed by atoms with E-state index in [1.165, 1.54) is 11.3 Å². The van der Waals surface area contributed by atoms with Crippen molar-refractivity contribution in [3.8, 4) is 0 Å². The molecule has 0 spiro atoms. The maximum Gasteiger partial charge on any atom is 0.0948 e. The van der Waals surface area contributed by atoms with Crippen molar-refractivity contribution in [2.45, 2.75) is 39.4 Å². The van der Waals surface area contributed by atoms with Gasteiger partial charge in [-0.3, -0.25) is 0 Å². The van der Waals surface area contributed by atoms with E-state index in [0.717, 1.165) is 19.5 Å². The van der Waals surface area contributed by atoms with Crippen LogP contribution >= 0.6 is 0 Å². The molecule has 0 aliphatic carbocycles. The van der Waals surface area contributed by atoms with Gasteiger partial charge in [-0.2, -0.15) is 0 Å². The quantitative estimate of drug-likeness (QED) is 0.849. The van der Waals surface area contributed by atoms with Crippen LogP contribution in [-0.2, 0) is 13.1 Å². The van der Waals surface area contributed by atoms with E-state index in [2.05, 4.69) is 51.7 Å². The van der Waals surface area contributed by atoms with Gasteiger partial charge < -0.3 is 14.5 Å². The second-order valence-electron chi connectivity index (χ2n) is 4.71. The van der Waals surface area contributed by atoms with Crippen LogP contribution in [0.2, 0.25) is 0 Å². The standard InChI is InChI=1S/C14H22N4/c1-4-6-18-11-16-8-14(18)10-17-7-5-13(9-17)12(2)15-3/h5,7-9,11-12,15H,4,6,10H2,1-3H3. The molecule has 0 fully saturated rings. The van der Waals surface area contributed by atoms with E-state index in [9.17, 15) is 0 Å². The van der Waals surface area contributed by atoms with Gasteiger partial charge in [0.05, 0.1) is 18.6 Å². The summed E-state index contributed by atoms with van der Waals surface area (Å²) in [5.41, 5.74) is 2.58. The van der Waals surface area contributed by atoms with Gasteiger partial charge in [0.15, 0.2) is 0 Å². The lowest BCUT2D eigenvalue weighted by atomic mass is 10.2. The Balaban J connectivity index is 2.09. The van der Waals surface area contributed by atoms with Gasteiger partial charge in [0.25, 0.3) is 0 Å². The van der Waals surface area contributed by atoms with Gasteiger partial charge in [0.2, 0.25) is 0 Å². The molecule has 0 saturated carbocycles. The molecule has 0 bridgehead atoms. The van der Waals surface area contributed by atoms with Crippen molar-refractivity contribution in [1.29, 1.82) is 0 Å². The van der Waals surface area contributed by atoms with Crippen molar-refractivity contribution < 1.29 is 0 Å². The molecule has 1 N–H and O–H groups in total. The second-order valence-corrected chi connectivity index (χ2v) is 4.71. The van der Waals surface area contributed by atoms with Gasteiger partial charge in [-0.05, 0) is 32.0 Å². The van der Waals surface area contributed by atoms with E-state index in [-0.39, 0.29) is 0 Å². The highest BCUT2D eigenvalue weighted by molar-refractivity contribution is 5.15. The second kappa shape index (κ2) is 5.87. The van der Waals surface area contributed by atoms with Crippen molar-refractivity contribution in [1.82, 2.24) is 19.4 Å². The SMILES string of the molecule is CCCn1cncc1Cn1ccc(C(C)NC)c1. The molecule has 18 heavy (non-hydrogen) atoms. The van der Waals surface area contributed by atoms with E-state index in [0.29, 0.717) is 6.04 Å². The smallest absolute Gasteiger partial charge is 0.0948 e. The first-order valence-electron chi connectivity index (χ1n) is 6.56. The molecule has 0 aliphatic heterocycles. The number of hydrogen-bond acceptors (Lipinski definition) is 2. The van der Waals surface area contributed by atoms with E-state index < -0.39 is 0 Å². The lowest BCUT2D eigenvalue weighted by Crippen LogP contribution is -2.11. The fraction of sp³-hybridized carbons (Fsp3) is 0.500. The Hall–Kier alpha value is -1.55. The number of aryl methyl sites for hydroxylation is 1. The van der Waals surface area contributed by atoms with Crippen LogP contribution in [0, 0.1) is 0 Å². The van der Waals surface area contributed by atoms with Gasteiger partial charge in [-0.1, -0.05) is 6.92 Å². The molecule has 1 unspecified atom stereocenters. The number of nitrogens with zero attached hydrogens (tertiary/aromatic N) is 3. The highest BCUT2D eigenvalue weighted by atomic mass is 15.1. The number of aromatic nitrogens is 3. The largest absolute Gasteiger partial charge is 0.348 e. The van der Waals surface area contributed by atoms with E-state index in [1.54, 1.807) is 0 Å². The molecule has 0 radical (unpaired) electrons. The summed E-state index contributed by atoms with van der Waals surface area (Å²) in [7, 11) is 1.98. The maximum absolute atomic E-state index is 4.23. The molecule has 0 saturated heterocycles. The first kappa shape index (κ1) is 12.9. The summed E-state index contributed by atoms with van der Waals surface area (Å²) < 4.78 is 4.44. The van der Waals surface area contributed by atoms with Crippen LogP contribution in [0.15, 0.2) is 31.0 Å². The van der Waals surface area contributed by atoms with Gasteiger partial charge in [-0.25, -0.2) is 4.98 Å². The molecule has 98 valence electrons. The van der Waals surface area contributed by atoms with Crippen LogP contribution in [0.1, 0.15) is 37.6 Å². The average molecular weight is 246 g/mol. The predicted molar refractivity (Wildman–Crippen MR) is 73.5 cm³/mol. The molecule has 0 aliphatic rings. The zero-order valence-corrected chi connectivity index (χ0v) is 11.4. The van der Waals surface area contributed by atoms with Crippen molar-refractivity contribution >= 4 is 0 Å². The molecule has 0 aromatic carbocycles. The Morgan fingerprint density at radius 1 is 1.44 bits per heavy atom. The minimum Gasteiger partial charge on any atom is -0.348 e. The Kier molecular flexibility index (Phi) is 4.20. The Morgan fingerprint density at radius 2 is 2.28 bits per heavy atom. The monoisotopic (exact) mass is 246 g/mol. The summed E-state index contributed by atoms with van der Waals surface area (Å²) in [5, 5.41) is 3.25. The van der Waals surface area contributed by atoms with E-state index >= 15 is 0 Å². The lowest BCUT2D eigenvalue weighted by Gasteiger charge is -2.09. The number of rotatable bonds is 6. The molecular formula is C14H22N4. The highest BCUT2D eigenvalue weighted by Gasteiger charge is 2.06. The predicted octanol–water partition coefficient (Wildman–Crippen LogP) is 2.42. The first-order chi connectivity index (χ1) is 8.74. The topological polar surface area (TPSA) is 34.8 Å². The van der Waals surface area contributed by atoms with Crippen molar-refractivity contribution in [3.05, 3.63) is 42.2 Å². The molecule has 4 nitrogen and oxygen atoms in total. The summed E-state index contributed by atoms with van der Waals surface area (Å²) in [6, 6.07) is 2.56. The zero-order valence-electron chi connectivity index (χ0n) is 11.4. The third kappa shape index (κ3) is 2.82. The van der Waals surface area contributed by atoms with Crippen LogP contribution in [0.25, 0.3) is 0 Å². The summed E-state index contributed by atoms with van der Waals surface area (Å²) in [6.45, 7) is 6.28. The minimum absolute atomic E-state index is 0.395. The molecule has 0 amide bonds. The van der Waals surface area contributed by atoms with Crippen LogP contribution in [0.3, 0.4) is 0 Å². The third-order valence-corrected chi connectivity index (χ3v) is 3.31. The highest BCUT2D eigenvalue weighted by Crippen LogP contribution is 2.13. The summed E-state index contributed by atoms with van der Waals surface area (Å²) in [4.78, 5) is 4.23. The normalized spacial score (nSPS) is 12.8. The first-order valence-corrected chi connectivity index (χ1v) is 6.56. The van der Waals surface area contributed by atoms with Gasteiger partial charge in [0, 0.05) is 31.2 Å². The minimum atomic E-state index is 0.395. The lowest BCUT2D eigenvalue weighted by molar-refractivity contribution is 0.620. The summed E-state index contributed by atoms with van der Waals surface area (Å²) >= 11 is 0. The molecule has 2 aromatic heterocycles.